The van der Waals surface area contributed by atoms with Crippen LogP contribution in [0.15, 0.2) is 79.5 Å². The lowest BCUT2D eigenvalue weighted by molar-refractivity contribution is 0.0697. The molecule has 0 saturated heterocycles. The summed E-state index contributed by atoms with van der Waals surface area (Å²) in [6, 6.07) is 10.1. The van der Waals surface area contributed by atoms with Crippen molar-refractivity contribution in [2.45, 2.75) is 6.92 Å². The van der Waals surface area contributed by atoms with Gasteiger partial charge in [0, 0.05) is 11.6 Å². The van der Waals surface area contributed by atoms with E-state index in [2.05, 4.69) is 15.5 Å². The normalized spacial score (nSPS) is 10.8. The predicted molar refractivity (Wildman–Crippen MR) is 117 cm³/mol. The SMILES string of the molecule is CCOc1cnc(C(=O)NN=Cc2ccc(OC(=O)c3ccco3)cc2OC(=O)c2ccco2)o1. The number of hydrogen-bond acceptors (Lipinski definition) is 11. The lowest BCUT2D eigenvalue weighted by Crippen LogP contribution is -2.18. The van der Waals surface area contributed by atoms with Gasteiger partial charge in [-0.15, -0.1) is 0 Å². The summed E-state index contributed by atoms with van der Waals surface area (Å²) < 4.78 is 30.9. The molecule has 12 nitrogen and oxygen atoms in total. The van der Waals surface area contributed by atoms with Gasteiger partial charge in [-0.25, -0.2) is 20.0 Å². The van der Waals surface area contributed by atoms with E-state index in [4.69, 9.17) is 27.5 Å². The zero-order valence-corrected chi connectivity index (χ0v) is 18.1. The number of benzene rings is 1. The van der Waals surface area contributed by atoms with Crippen molar-refractivity contribution >= 4 is 24.1 Å². The fraction of sp³-hybridized carbons (Fsp3) is 0.0870. The number of esters is 2. The molecule has 0 spiro atoms. The van der Waals surface area contributed by atoms with Crippen LogP contribution in [0.1, 0.15) is 44.3 Å². The number of aromatic nitrogens is 1. The Labute approximate surface area is 197 Å². The quantitative estimate of drug-likeness (QED) is 0.163. The molecule has 0 aliphatic carbocycles. The predicted octanol–water partition coefficient (Wildman–Crippen LogP) is 3.46. The Morgan fingerprint density at radius 2 is 1.74 bits per heavy atom. The van der Waals surface area contributed by atoms with Gasteiger partial charge < -0.3 is 27.5 Å². The molecule has 0 aliphatic rings. The van der Waals surface area contributed by atoms with E-state index in [-0.39, 0.29) is 40.4 Å². The molecule has 35 heavy (non-hydrogen) atoms. The summed E-state index contributed by atoms with van der Waals surface area (Å²) in [5.41, 5.74) is 2.51. The zero-order valence-electron chi connectivity index (χ0n) is 18.1. The first kappa shape index (κ1) is 23.0. The Morgan fingerprint density at radius 1 is 1.03 bits per heavy atom. The molecule has 0 fully saturated rings. The zero-order chi connectivity index (χ0) is 24.6. The van der Waals surface area contributed by atoms with E-state index in [9.17, 15) is 14.4 Å². The third-order valence-electron chi connectivity index (χ3n) is 4.18. The van der Waals surface area contributed by atoms with Gasteiger partial charge in [-0.2, -0.15) is 5.10 Å². The standard InChI is InChI=1S/C23H17N3O9/c1-2-30-19-13-24-21(35-19)20(27)26-25-12-14-7-8-15(33-22(28)16-5-3-9-31-16)11-18(14)34-23(29)17-6-4-10-32-17/h3-13H,2H2,1H3,(H,26,27). The van der Waals surface area contributed by atoms with Crippen LogP contribution in [-0.4, -0.2) is 35.7 Å². The van der Waals surface area contributed by atoms with E-state index in [0.29, 0.717) is 6.61 Å². The highest BCUT2D eigenvalue weighted by molar-refractivity contribution is 5.93. The number of oxazole rings is 1. The summed E-state index contributed by atoms with van der Waals surface area (Å²) in [5.74, 6) is -2.45. The first-order valence-electron chi connectivity index (χ1n) is 10.1. The second kappa shape index (κ2) is 10.7. The second-order valence-electron chi connectivity index (χ2n) is 6.55. The molecule has 178 valence electrons. The highest BCUT2D eigenvalue weighted by atomic mass is 16.6. The Hall–Kier alpha value is -5.13. The lowest BCUT2D eigenvalue weighted by atomic mass is 10.2. The molecular weight excluding hydrogens is 462 g/mol. The molecule has 0 bridgehead atoms. The number of hydrogen-bond donors (Lipinski definition) is 1. The van der Waals surface area contributed by atoms with Crippen molar-refractivity contribution in [2.24, 2.45) is 5.10 Å². The molecule has 12 heteroatoms. The van der Waals surface area contributed by atoms with Crippen LogP contribution in [0.4, 0.5) is 0 Å². The van der Waals surface area contributed by atoms with Crippen LogP contribution in [0.3, 0.4) is 0 Å². The van der Waals surface area contributed by atoms with Gasteiger partial charge in [-0.05, 0) is 43.3 Å². The third-order valence-corrected chi connectivity index (χ3v) is 4.18. The Balaban J connectivity index is 1.51. The minimum absolute atomic E-state index is 0.00786. The summed E-state index contributed by atoms with van der Waals surface area (Å²) in [5, 5.41) is 3.83. The number of nitrogens with zero attached hydrogens (tertiary/aromatic N) is 2. The van der Waals surface area contributed by atoms with E-state index >= 15 is 0 Å². The molecule has 4 rings (SSSR count). The van der Waals surface area contributed by atoms with Crippen molar-refractivity contribution in [3.8, 4) is 17.4 Å². The summed E-state index contributed by atoms with van der Waals surface area (Å²) in [4.78, 5) is 40.5. The van der Waals surface area contributed by atoms with Crippen LogP contribution in [0.5, 0.6) is 17.4 Å². The number of ether oxygens (including phenoxy) is 3. The molecule has 3 aromatic heterocycles. The fourth-order valence-corrected chi connectivity index (χ4v) is 2.65. The lowest BCUT2D eigenvalue weighted by Gasteiger charge is -2.09. The molecule has 0 aliphatic heterocycles. The average Bonchev–Trinajstić information content (AvgIpc) is 3.63. The molecule has 0 saturated carbocycles. The smallest absolute Gasteiger partial charge is 0.379 e. The van der Waals surface area contributed by atoms with Gasteiger partial charge >= 0.3 is 23.8 Å². The van der Waals surface area contributed by atoms with Crippen LogP contribution in [0, 0.1) is 0 Å². The highest BCUT2D eigenvalue weighted by Crippen LogP contribution is 2.26. The van der Waals surface area contributed by atoms with Crippen molar-refractivity contribution in [3.05, 3.63) is 84.2 Å². The Kier molecular flexibility index (Phi) is 7.02. The number of hydrazone groups is 1. The van der Waals surface area contributed by atoms with Gasteiger partial charge in [0.25, 0.3) is 5.89 Å². The minimum Gasteiger partial charge on any atom is -0.464 e. The number of carbonyl (C=O) groups is 3. The van der Waals surface area contributed by atoms with Crippen LogP contribution >= 0.6 is 0 Å². The van der Waals surface area contributed by atoms with Crippen LogP contribution in [-0.2, 0) is 0 Å². The first-order valence-corrected chi connectivity index (χ1v) is 10.1. The van der Waals surface area contributed by atoms with Gasteiger partial charge in [0.1, 0.15) is 17.7 Å². The molecule has 0 atom stereocenters. The van der Waals surface area contributed by atoms with Crippen molar-refractivity contribution in [2.75, 3.05) is 6.61 Å². The van der Waals surface area contributed by atoms with E-state index in [1.807, 2.05) is 0 Å². The van der Waals surface area contributed by atoms with Crippen molar-refractivity contribution < 1.29 is 41.8 Å². The molecule has 1 aromatic carbocycles. The van der Waals surface area contributed by atoms with Gasteiger partial charge in [0.2, 0.25) is 11.5 Å². The molecule has 0 unspecified atom stereocenters. The van der Waals surface area contributed by atoms with Crippen molar-refractivity contribution in [1.82, 2.24) is 10.4 Å². The highest BCUT2D eigenvalue weighted by Gasteiger charge is 2.18. The summed E-state index contributed by atoms with van der Waals surface area (Å²) in [6.45, 7) is 2.10. The van der Waals surface area contributed by atoms with Gasteiger partial charge in [-0.1, -0.05) is 0 Å². The average molecular weight is 479 g/mol. The maximum Gasteiger partial charge on any atom is 0.379 e. The maximum atomic E-state index is 12.4. The number of furan rings is 2. The fourth-order valence-electron chi connectivity index (χ4n) is 2.65. The number of carbonyl (C=O) groups excluding carboxylic acids is 3. The van der Waals surface area contributed by atoms with E-state index < -0.39 is 17.8 Å². The number of nitrogens with one attached hydrogen (secondary N) is 1. The topological polar surface area (TPSA) is 156 Å². The Bertz CT molecular complexity index is 1340. The largest absolute Gasteiger partial charge is 0.464 e. The van der Waals surface area contributed by atoms with Crippen LogP contribution < -0.4 is 19.6 Å². The number of amides is 1. The molecular formula is C23H17N3O9. The van der Waals surface area contributed by atoms with Crippen molar-refractivity contribution in [3.63, 3.8) is 0 Å². The minimum atomic E-state index is -0.800. The van der Waals surface area contributed by atoms with E-state index in [1.54, 1.807) is 6.92 Å². The van der Waals surface area contributed by atoms with Crippen LogP contribution in [0.25, 0.3) is 0 Å². The van der Waals surface area contributed by atoms with Gasteiger partial charge in [-0.3, -0.25) is 4.79 Å². The van der Waals surface area contributed by atoms with Gasteiger partial charge in [0.15, 0.2) is 0 Å². The van der Waals surface area contributed by atoms with Crippen LogP contribution in [0.2, 0.25) is 0 Å². The summed E-state index contributed by atoms with van der Waals surface area (Å²) >= 11 is 0. The monoisotopic (exact) mass is 479 g/mol. The summed E-state index contributed by atoms with van der Waals surface area (Å²) in [6.07, 6.45) is 5.12. The first-order chi connectivity index (χ1) is 17.0. The number of rotatable bonds is 9. The van der Waals surface area contributed by atoms with E-state index in [0.717, 1.165) is 0 Å². The second-order valence-corrected chi connectivity index (χ2v) is 6.55. The van der Waals surface area contributed by atoms with Crippen molar-refractivity contribution in [1.29, 1.82) is 0 Å². The molecule has 1 N–H and O–H groups in total. The molecule has 4 aromatic rings. The van der Waals surface area contributed by atoms with E-state index in [1.165, 1.54) is 67.4 Å². The molecule has 1 amide bonds. The molecule has 3 heterocycles. The molecule has 0 radical (unpaired) electrons. The maximum absolute atomic E-state index is 12.4. The summed E-state index contributed by atoms with van der Waals surface area (Å²) in [7, 11) is 0. The third kappa shape index (κ3) is 5.82. The van der Waals surface area contributed by atoms with Gasteiger partial charge in [0.05, 0.1) is 25.3 Å². The Morgan fingerprint density at radius 3 is 2.40 bits per heavy atom.